The fraction of sp³-hybridized carbons (Fsp3) is 0.458. The third kappa shape index (κ3) is 3.26. The van der Waals surface area contributed by atoms with Gasteiger partial charge in [0.15, 0.2) is 0 Å². The number of aryl methyl sites for hydroxylation is 1. The minimum absolute atomic E-state index is 0.0263. The van der Waals surface area contributed by atoms with Crippen molar-refractivity contribution in [3.05, 3.63) is 35.3 Å². The van der Waals surface area contributed by atoms with Crippen LogP contribution in [-0.4, -0.2) is 63.5 Å². The molecule has 10 heteroatoms. The lowest BCUT2D eigenvalue weighted by atomic mass is 9.85. The molecule has 6 rings (SSSR count). The number of nitrogens with one attached hydrogen (secondary N) is 2. The van der Waals surface area contributed by atoms with Crippen molar-refractivity contribution in [1.82, 2.24) is 30.3 Å². The van der Waals surface area contributed by atoms with E-state index in [1.165, 1.54) is 6.20 Å². The van der Waals surface area contributed by atoms with E-state index < -0.39 is 11.9 Å². The number of hydrogen-bond acceptors (Lipinski definition) is 5. The van der Waals surface area contributed by atoms with Crippen LogP contribution in [0.1, 0.15) is 36.1 Å². The maximum absolute atomic E-state index is 13.8. The molecule has 1 aliphatic heterocycles. The summed E-state index contributed by atoms with van der Waals surface area (Å²) < 4.78 is 41.4. The Kier molecular flexibility index (Phi) is 4.84. The van der Waals surface area contributed by atoms with E-state index in [2.05, 4.69) is 50.4 Å². The third-order valence-electron chi connectivity index (χ3n) is 7.39. The van der Waals surface area contributed by atoms with Gasteiger partial charge in [0, 0.05) is 29.9 Å². The van der Waals surface area contributed by atoms with Crippen LogP contribution in [0.15, 0.2) is 18.5 Å². The number of fused-ring (bicyclic) bond motifs is 5. The molecule has 0 amide bonds. The van der Waals surface area contributed by atoms with E-state index in [9.17, 15) is 13.2 Å². The number of hydrogen-bond donors (Lipinski definition) is 2. The molecular weight excluding hydrogens is 443 g/mol. The molecule has 178 valence electrons. The van der Waals surface area contributed by atoms with Gasteiger partial charge in [0.1, 0.15) is 5.69 Å². The number of alkyl halides is 3. The summed E-state index contributed by atoms with van der Waals surface area (Å²) >= 11 is 0. The molecule has 1 fully saturated rings. The van der Waals surface area contributed by atoms with Crippen LogP contribution in [0.4, 0.5) is 18.9 Å². The van der Waals surface area contributed by atoms with Crippen molar-refractivity contribution in [2.75, 3.05) is 32.1 Å². The topological polar surface area (TPSA) is 76.7 Å². The summed E-state index contributed by atoms with van der Waals surface area (Å²) in [4.78, 5) is 9.52. The Bertz CT molecular complexity index is 1380. The molecule has 2 N–H and O–H groups in total. The Morgan fingerprint density at radius 1 is 1.06 bits per heavy atom. The number of anilines is 1. The average molecular weight is 470 g/mol. The van der Waals surface area contributed by atoms with Gasteiger partial charge in [0.2, 0.25) is 0 Å². The Balaban J connectivity index is 1.66. The number of nitrogens with zero attached hydrogens (tertiary/aromatic N) is 5. The number of H-pyrrole nitrogens is 2. The first-order valence-electron chi connectivity index (χ1n) is 11.7. The second-order valence-corrected chi connectivity index (χ2v) is 9.58. The van der Waals surface area contributed by atoms with Gasteiger partial charge in [0.25, 0.3) is 0 Å². The van der Waals surface area contributed by atoms with Gasteiger partial charge < -0.3 is 9.80 Å². The first-order chi connectivity index (χ1) is 16.3. The lowest BCUT2D eigenvalue weighted by molar-refractivity contribution is -0.140. The Morgan fingerprint density at radius 3 is 2.56 bits per heavy atom. The monoisotopic (exact) mass is 469 g/mol. The Labute approximate surface area is 194 Å². The van der Waals surface area contributed by atoms with Crippen LogP contribution < -0.4 is 4.90 Å². The second kappa shape index (κ2) is 7.69. The largest absolute Gasteiger partial charge is 0.433 e. The molecule has 1 aromatic carbocycles. The quantitative estimate of drug-likeness (QED) is 0.461. The summed E-state index contributed by atoms with van der Waals surface area (Å²) in [6.07, 6.45) is 3.00. The van der Waals surface area contributed by atoms with E-state index in [0.717, 1.165) is 77.4 Å². The minimum Gasteiger partial charge on any atom is -0.368 e. The molecule has 34 heavy (non-hydrogen) atoms. The lowest BCUT2D eigenvalue weighted by Crippen LogP contribution is -2.31. The van der Waals surface area contributed by atoms with Crippen molar-refractivity contribution in [2.24, 2.45) is 0 Å². The number of benzene rings is 1. The molecular formula is C24H26F3N7. The SMILES string of the molecule is CN(C)[C@@H]1CCN(c2cc3[nH]ncc3c3c4c(c(-c5cn[nH]c5C(F)(F)F)nc23)CCCC4)C1. The second-order valence-electron chi connectivity index (χ2n) is 9.58. The summed E-state index contributed by atoms with van der Waals surface area (Å²) in [6, 6.07) is 2.46. The summed E-state index contributed by atoms with van der Waals surface area (Å²) in [6.45, 7) is 1.71. The zero-order valence-electron chi connectivity index (χ0n) is 19.1. The van der Waals surface area contributed by atoms with Crippen LogP contribution in [0.3, 0.4) is 0 Å². The number of pyridine rings is 1. The predicted molar refractivity (Wildman–Crippen MR) is 125 cm³/mol. The zero-order chi connectivity index (χ0) is 23.6. The van der Waals surface area contributed by atoms with Gasteiger partial charge in [-0.05, 0) is 63.4 Å². The molecule has 0 spiro atoms. The van der Waals surface area contributed by atoms with Crippen molar-refractivity contribution in [3.8, 4) is 11.3 Å². The average Bonchev–Trinajstić information content (AvgIpc) is 3.57. The first kappa shape index (κ1) is 21.4. The van der Waals surface area contributed by atoms with Crippen LogP contribution in [0.25, 0.3) is 33.1 Å². The molecule has 1 aliphatic carbocycles. The van der Waals surface area contributed by atoms with E-state index in [0.29, 0.717) is 18.2 Å². The molecule has 4 heterocycles. The zero-order valence-corrected chi connectivity index (χ0v) is 19.1. The van der Waals surface area contributed by atoms with Crippen molar-refractivity contribution >= 4 is 27.5 Å². The smallest absolute Gasteiger partial charge is 0.368 e. The molecule has 4 aromatic rings. The molecule has 0 saturated carbocycles. The third-order valence-corrected chi connectivity index (χ3v) is 7.39. The van der Waals surface area contributed by atoms with E-state index in [4.69, 9.17) is 4.98 Å². The van der Waals surface area contributed by atoms with Gasteiger partial charge >= 0.3 is 6.18 Å². The number of likely N-dealkylation sites (N-methyl/N-ethyl adjacent to an activating group) is 1. The standard InChI is InChI=1S/C24H26F3N7/c1-33(2)13-7-8-34(12-13)19-9-18-16(10-28-31-18)20-14-5-3-4-6-15(14)21(30-22(19)20)17-11-29-32-23(17)24(25,26)27/h9-11,13H,3-8,12H2,1-2H3,(H,28,31)(H,29,32)/t13-/m1/s1. The van der Waals surface area contributed by atoms with Gasteiger partial charge in [-0.2, -0.15) is 23.4 Å². The summed E-state index contributed by atoms with van der Waals surface area (Å²) in [5, 5.41) is 15.3. The van der Waals surface area contributed by atoms with Gasteiger partial charge in [0.05, 0.1) is 40.4 Å². The highest BCUT2D eigenvalue weighted by molar-refractivity contribution is 6.13. The molecule has 3 aromatic heterocycles. The molecule has 1 atom stereocenters. The van der Waals surface area contributed by atoms with Crippen LogP contribution in [-0.2, 0) is 19.0 Å². The maximum Gasteiger partial charge on any atom is 0.433 e. The number of aromatic amines is 2. The molecule has 7 nitrogen and oxygen atoms in total. The molecule has 0 bridgehead atoms. The number of halogens is 3. The van der Waals surface area contributed by atoms with Crippen LogP contribution in [0, 0.1) is 0 Å². The fourth-order valence-corrected chi connectivity index (χ4v) is 5.63. The summed E-state index contributed by atoms with van der Waals surface area (Å²) in [7, 11) is 4.16. The van der Waals surface area contributed by atoms with Gasteiger partial charge in [-0.25, -0.2) is 4.98 Å². The highest BCUT2D eigenvalue weighted by Gasteiger charge is 2.38. The molecule has 0 radical (unpaired) electrons. The van der Waals surface area contributed by atoms with Gasteiger partial charge in [-0.3, -0.25) is 10.2 Å². The lowest BCUT2D eigenvalue weighted by Gasteiger charge is -2.26. The first-order valence-corrected chi connectivity index (χ1v) is 11.7. The van der Waals surface area contributed by atoms with Crippen molar-refractivity contribution in [1.29, 1.82) is 0 Å². The molecule has 2 aliphatic rings. The molecule has 0 unspecified atom stereocenters. The highest BCUT2D eigenvalue weighted by atomic mass is 19.4. The van der Waals surface area contributed by atoms with E-state index in [1.54, 1.807) is 0 Å². The number of rotatable bonds is 3. The predicted octanol–water partition coefficient (Wildman–Crippen LogP) is 4.54. The summed E-state index contributed by atoms with van der Waals surface area (Å²) in [5.74, 6) is 0. The van der Waals surface area contributed by atoms with Crippen molar-refractivity contribution in [2.45, 2.75) is 44.3 Å². The van der Waals surface area contributed by atoms with Crippen molar-refractivity contribution < 1.29 is 13.2 Å². The highest BCUT2D eigenvalue weighted by Crippen LogP contribution is 2.44. The summed E-state index contributed by atoms with van der Waals surface area (Å²) in [5.41, 5.74) is 4.20. The fourth-order valence-electron chi connectivity index (χ4n) is 5.63. The Hall–Kier alpha value is -3.14. The van der Waals surface area contributed by atoms with E-state index in [1.807, 2.05) is 6.20 Å². The van der Waals surface area contributed by atoms with Crippen LogP contribution in [0.5, 0.6) is 0 Å². The Morgan fingerprint density at radius 2 is 1.82 bits per heavy atom. The number of aromatic nitrogens is 5. The van der Waals surface area contributed by atoms with Gasteiger partial charge in [-0.1, -0.05) is 0 Å². The minimum atomic E-state index is -4.53. The van der Waals surface area contributed by atoms with Crippen LogP contribution in [0.2, 0.25) is 0 Å². The van der Waals surface area contributed by atoms with Crippen molar-refractivity contribution in [3.63, 3.8) is 0 Å². The van der Waals surface area contributed by atoms with E-state index in [-0.39, 0.29) is 5.56 Å². The maximum atomic E-state index is 13.8. The van der Waals surface area contributed by atoms with E-state index >= 15 is 0 Å². The van der Waals surface area contributed by atoms with Crippen LogP contribution >= 0.6 is 0 Å². The molecule has 1 saturated heterocycles. The van der Waals surface area contributed by atoms with Gasteiger partial charge in [-0.15, -0.1) is 0 Å². The normalized spacial score (nSPS) is 19.0.